The molecular weight excluding hydrogens is 689 g/mol. The van der Waals surface area contributed by atoms with Gasteiger partial charge in [0.1, 0.15) is 11.5 Å². The minimum atomic E-state index is -0.921. The van der Waals surface area contributed by atoms with E-state index in [0.717, 1.165) is 12.8 Å². The van der Waals surface area contributed by atoms with Crippen LogP contribution in [0.25, 0.3) is 0 Å². The molecule has 0 unspecified atom stereocenters. The molecule has 0 aliphatic rings. The molecular formula is C52H96O4. The Bertz CT molecular complexity index is 974. The van der Waals surface area contributed by atoms with E-state index in [1.807, 2.05) is 13.0 Å². The molecule has 56 heavy (non-hydrogen) atoms. The molecule has 0 aliphatic carbocycles. The minimum Gasteiger partial charge on any atom is -0.493 e. The number of unbranched alkanes of at least 4 members (excludes halogenated alkanes) is 38. The number of carboxylic acid groups (broad SMARTS) is 1. The van der Waals surface area contributed by atoms with Crippen LogP contribution in [0.1, 0.15) is 287 Å². The minimum absolute atomic E-state index is 0.282. The summed E-state index contributed by atoms with van der Waals surface area (Å²) in [6, 6.07) is 3.56. The Balaban J connectivity index is 1.99. The highest BCUT2D eigenvalue weighted by Gasteiger charge is 2.15. The van der Waals surface area contributed by atoms with Gasteiger partial charge in [-0.05, 0) is 25.8 Å². The van der Waals surface area contributed by atoms with Crippen LogP contribution in [-0.4, -0.2) is 24.3 Å². The normalized spacial score (nSPS) is 11.4. The molecule has 0 bridgehead atoms. The Hall–Kier alpha value is -1.71. The number of ether oxygens (including phenoxy) is 2. The largest absolute Gasteiger partial charge is 0.493 e. The van der Waals surface area contributed by atoms with E-state index < -0.39 is 5.97 Å². The van der Waals surface area contributed by atoms with Gasteiger partial charge >= 0.3 is 5.97 Å². The lowest BCUT2D eigenvalue weighted by Gasteiger charge is -2.14. The van der Waals surface area contributed by atoms with Crippen LogP contribution in [0.4, 0.5) is 0 Å². The second-order valence-corrected chi connectivity index (χ2v) is 17.5. The van der Waals surface area contributed by atoms with Crippen LogP contribution in [0.2, 0.25) is 0 Å². The summed E-state index contributed by atoms with van der Waals surface area (Å²) in [6.07, 6.45) is 54.9. The predicted octanol–water partition coefficient (Wildman–Crippen LogP) is 18.1. The molecule has 0 radical (unpaired) electrons. The van der Waals surface area contributed by atoms with Gasteiger partial charge in [-0.15, -0.1) is 0 Å². The summed E-state index contributed by atoms with van der Waals surface area (Å²) in [4.78, 5) is 11.9. The van der Waals surface area contributed by atoms with E-state index >= 15 is 0 Å². The third-order valence-corrected chi connectivity index (χ3v) is 12.1. The molecule has 4 nitrogen and oxygen atoms in total. The first-order chi connectivity index (χ1) is 27.6. The van der Waals surface area contributed by atoms with Gasteiger partial charge < -0.3 is 14.6 Å². The molecule has 1 aromatic rings. The fourth-order valence-electron chi connectivity index (χ4n) is 8.20. The van der Waals surface area contributed by atoms with Crippen LogP contribution in [0, 0.1) is 6.92 Å². The lowest BCUT2D eigenvalue weighted by atomic mass is 10.0. The van der Waals surface area contributed by atoms with Crippen LogP contribution < -0.4 is 9.47 Å². The third kappa shape index (κ3) is 33.3. The maximum atomic E-state index is 11.9. The molecule has 0 atom stereocenters. The standard InChI is InChI=1S/C52H96O4/c1-4-6-8-10-12-14-16-18-20-22-24-26-28-30-32-34-36-38-40-42-44-55-49-46-50(52(53)54)48(3)51(47-49)56-45-43-41-39-37-35-33-31-29-27-25-23-21-19-17-15-13-11-9-7-5-2/h46-47H,4-45H2,1-3H3,(H,53,54). The molecule has 4 heteroatoms. The van der Waals surface area contributed by atoms with Crippen molar-refractivity contribution in [2.24, 2.45) is 0 Å². The van der Waals surface area contributed by atoms with Gasteiger partial charge in [0.2, 0.25) is 0 Å². The molecule has 1 N–H and O–H groups in total. The van der Waals surface area contributed by atoms with E-state index in [4.69, 9.17) is 9.47 Å². The summed E-state index contributed by atoms with van der Waals surface area (Å²) >= 11 is 0. The van der Waals surface area contributed by atoms with Crippen LogP contribution in [-0.2, 0) is 0 Å². The van der Waals surface area contributed by atoms with Crippen LogP contribution in [0.5, 0.6) is 11.5 Å². The molecule has 0 saturated carbocycles. The first-order valence-electron chi connectivity index (χ1n) is 25.2. The molecule has 1 rings (SSSR count). The van der Waals surface area contributed by atoms with Gasteiger partial charge in [-0.25, -0.2) is 4.79 Å². The van der Waals surface area contributed by atoms with Crippen LogP contribution in [0.15, 0.2) is 12.1 Å². The highest BCUT2D eigenvalue weighted by Crippen LogP contribution is 2.29. The molecule has 1 aromatic carbocycles. The van der Waals surface area contributed by atoms with Gasteiger partial charge in [-0.3, -0.25) is 0 Å². The van der Waals surface area contributed by atoms with Crippen LogP contribution >= 0.6 is 0 Å². The molecule has 328 valence electrons. The van der Waals surface area contributed by atoms with Gasteiger partial charge in [-0.1, -0.05) is 258 Å². The molecule has 0 aromatic heterocycles. The number of carbonyl (C=O) groups is 1. The molecule has 0 spiro atoms. The molecule has 0 fully saturated rings. The van der Waals surface area contributed by atoms with Crippen molar-refractivity contribution in [1.29, 1.82) is 0 Å². The van der Waals surface area contributed by atoms with E-state index in [1.54, 1.807) is 6.07 Å². The summed E-state index contributed by atoms with van der Waals surface area (Å²) in [5, 5.41) is 9.80. The Morgan fingerprint density at radius 2 is 0.643 bits per heavy atom. The van der Waals surface area contributed by atoms with Crippen molar-refractivity contribution in [1.82, 2.24) is 0 Å². The number of rotatable bonds is 45. The number of hydrogen-bond acceptors (Lipinski definition) is 3. The second kappa shape index (κ2) is 41.4. The van der Waals surface area contributed by atoms with Crippen molar-refractivity contribution >= 4 is 5.97 Å². The van der Waals surface area contributed by atoms with Gasteiger partial charge in [-0.2, -0.15) is 0 Å². The zero-order valence-electron chi connectivity index (χ0n) is 38.0. The van der Waals surface area contributed by atoms with Crippen molar-refractivity contribution in [2.45, 2.75) is 278 Å². The van der Waals surface area contributed by atoms with Crippen molar-refractivity contribution in [2.75, 3.05) is 13.2 Å². The number of aromatic carboxylic acids is 1. The van der Waals surface area contributed by atoms with E-state index in [0.29, 0.717) is 30.3 Å². The maximum absolute atomic E-state index is 11.9. The SMILES string of the molecule is CCCCCCCCCCCCCCCCCCCCCCOc1cc(OCCCCCCCCCCCCCCCCCCCCCC)c(C)c(C(=O)O)c1. The topological polar surface area (TPSA) is 55.8 Å². The first-order valence-corrected chi connectivity index (χ1v) is 25.2. The smallest absolute Gasteiger partial charge is 0.336 e. The molecule has 0 amide bonds. The summed E-state index contributed by atoms with van der Waals surface area (Å²) in [6.45, 7) is 7.69. The van der Waals surface area contributed by atoms with Crippen molar-refractivity contribution in [3.8, 4) is 11.5 Å². The highest BCUT2D eigenvalue weighted by atomic mass is 16.5. The fraction of sp³-hybridized carbons (Fsp3) is 0.865. The van der Waals surface area contributed by atoms with E-state index in [1.165, 1.54) is 244 Å². The quantitative estimate of drug-likeness (QED) is 0.0669. The van der Waals surface area contributed by atoms with Gasteiger partial charge in [0.25, 0.3) is 0 Å². The zero-order valence-corrected chi connectivity index (χ0v) is 38.0. The van der Waals surface area contributed by atoms with Gasteiger partial charge in [0, 0.05) is 11.6 Å². The summed E-state index contributed by atoms with van der Waals surface area (Å²) < 4.78 is 12.1. The van der Waals surface area contributed by atoms with E-state index in [9.17, 15) is 9.90 Å². The monoisotopic (exact) mass is 785 g/mol. The zero-order chi connectivity index (χ0) is 40.4. The third-order valence-electron chi connectivity index (χ3n) is 12.1. The molecule has 0 aliphatic heterocycles. The Kier molecular flexibility index (Phi) is 38.7. The lowest BCUT2D eigenvalue weighted by Crippen LogP contribution is -2.06. The van der Waals surface area contributed by atoms with Gasteiger partial charge in [0.15, 0.2) is 0 Å². The predicted molar refractivity (Wildman–Crippen MR) is 245 cm³/mol. The fourth-order valence-corrected chi connectivity index (χ4v) is 8.20. The highest BCUT2D eigenvalue weighted by molar-refractivity contribution is 5.90. The van der Waals surface area contributed by atoms with Crippen LogP contribution in [0.3, 0.4) is 0 Å². The Morgan fingerprint density at radius 1 is 0.393 bits per heavy atom. The summed E-state index contributed by atoms with van der Waals surface area (Å²) in [7, 11) is 0. The summed E-state index contributed by atoms with van der Waals surface area (Å²) in [5.74, 6) is 0.348. The van der Waals surface area contributed by atoms with Crippen molar-refractivity contribution in [3.63, 3.8) is 0 Å². The second-order valence-electron chi connectivity index (χ2n) is 17.5. The van der Waals surface area contributed by atoms with E-state index in [-0.39, 0.29) is 5.56 Å². The first kappa shape index (κ1) is 52.3. The van der Waals surface area contributed by atoms with Crippen molar-refractivity contribution < 1.29 is 19.4 Å². The number of hydrogen-bond donors (Lipinski definition) is 1. The average Bonchev–Trinajstić information content (AvgIpc) is 3.19. The van der Waals surface area contributed by atoms with Gasteiger partial charge in [0.05, 0.1) is 18.8 Å². The number of benzene rings is 1. The number of carboxylic acids is 1. The Labute approximate surface area is 349 Å². The van der Waals surface area contributed by atoms with E-state index in [2.05, 4.69) is 13.8 Å². The van der Waals surface area contributed by atoms with Crippen molar-refractivity contribution in [3.05, 3.63) is 23.3 Å². The molecule has 0 heterocycles. The Morgan fingerprint density at radius 3 is 0.911 bits per heavy atom. The summed E-state index contributed by atoms with van der Waals surface area (Å²) in [5.41, 5.74) is 0.973. The maximum Gasteiger partial charge on any atom is 0.336 e. The lowest BCUT2D eigenvalue weighted by molar-refractivity contribution is 0.0694. The average molecular weight is 785 g/mol. The molecule has 0 saturated heterocycles.